The summed E-state index contributed by atoms with van der Waals surface area (Å²) in [4.78, 5) is 24.1. The zero-order valence-electron chi connectivity index (χ0n) is 12.8. The Morgan fingerprint density at radius 1 is 1.18 bits per heavy atom. The third kappa shape index (κ3) is 4.84. The van der Waals surface area contributed by atoms with Crippen LogP contribution in [0.5, 0.6) is 0 Å². The van der Waals surface area contributed by atoms with E-state index in [1.165, 1.54) is 24.2 Å². The van der Waals surface area contributed by atoms with Crippen LogP contribution >= 0.6 is 11.3 Å². The van der Waals surface area contributed by atoms with Gasteiger partial charge in [-0.1, -0.05) is 44.4 Å². The molecule has 5 heteroatoms. The molecule has 0 saturated carbocycles. The highest BCUT2D eigenvalue weighted by Gasteiger charge is 2.13. The molecule has 118 valence electrons. The third-order valence-electron chi connectivity index (χ3n) is 3.31. The van der Waals surface area contributed by atoms with Crippen LogP contribution in [0, 0.1) is 0 Å². The van der Waals surface area contributed by atoms with Crippen molar-refractivity contribution in [1.29, 1.82) is 0 Å². The number of carbonyl (C=O) groups is 2. The van der Waals surface area contributed by atoms with Gasteiger partial charge in [-0.3, -0.25) is 4.79 Å². The Morgan fingerprint density at radius 3 is 2.77 bits per heavy atom. The molecule has 0 spiro atoms. The predicted octanol–water partition coefficient (Wildman–Crippen LogP) is 3.75. The van der Waals surface area contributed by atoms with Crippen LogP contribution in [0.25, 0.3) is 10.1 Å². The second-order valence-corrected chi connectivity index (χ2v) is 6.22. The fourth-order valence-electron chi connectivity index (χ4n) is 2.12. The van der Waals surface area contributed by atoms with E-state index in [0.717, 1.165) is 22.9 Å². The van der Waals surface area contributed by atoms with E-state index >= 15 is 0 Å². The van der Waals surface area contributed by atoms with Gasteiger partial charge in [-0.2, -0.15) is 0 Å². The predicted molar refractivity (Wildman–Crippen MR) is 89.3 cm³/mol. The van der Waals surface area contributed by atoms with Gasteiger partial charge in [0.15, 0.2) is 6.61 Å². The lowest BCUT2D eigenvalue weighted by molar-refractivity contribution is -0.124. The highest BCUT2D eigenvalue weighted by atomic mass is 32.1. The first-order chi connectivity index (χ1) is 10.7. The number of hydrogen-bond acceptors (Lipinski definition) is 4. The van der Waals surface area contributed by atoms with Crippen LogP contribution in [0.4, 0.5) is 0 Å². The standard InChI is InChI=1S/C17H21NO3S/c1-2-3-4-7-10-18-16(19)12-21-17(20)15-11-13-8-5-6-9-14(13)22-15/h5-6,8-9,11H,2-4,7,10,12H2,1H3,(H,18,19). The number of thiophene rings is 1. The Balaban J connectivity index is 1.74. The van der Waals surface area contributed by atoms with E-state index in [0.29, 0.717) is 11.4 Å². The summed E-state index contributed by atoms with van der Waals surface area (Å²) in [6, 6.07) is 9.56. The third-order valence-corrected chi connectivity index (χ3v) is 4.41. The van der Waals surface area contributed by atoms with Crippen molar-refractivity contribution in [2.75, 3.05) is 13.2 Å². The van der Waals surface area contributed by atoms with E-state index in [1.807, 2.05) is 24.3 Å². The molecule has 2 rings (SSSR count). The lowest BCUT2D eigenvalue weighted by Gasteiger charge is -2.05. The Labute approximate surface area is 134 Å². The molecule has 22 heavy (non-hydrogen) atoms. The van der Waals surface area contributed by atoms with Gasteiger partial charge in [0.05, 0.1) is 0 Å². The molecule has 1 N–H and O–H groups in total. The van der Waals surface area contributed by atoms with E-state index in [2.05, 4.69) is 12.2 Å². The maximum atomic E-state index is 11.9. The minimum atomic E-state index is -0.442. The number of hydrogen-bond donors (Lipinski definition) is 1. The number of ether oxygens (including phenoxy) is 1. The minimum Gasteiger partial charge on any atom is -0.451 e. The van der Waals surface area contributed by atoms with Gasteiger partial charge in [0, 0.05) is 11.2 Å². The molecule has 0 aliphatic rings. The van der Waals surface area contributed by atoms with Crippen LogP contribution in [-0.2, 0) is 9.53 Å². The van der Waals surface area contributed by atoms with Crippen molar-refractivity contribution in [3.8, 4) is 0 Å². The molecular formula is C17H21NO3S. The van der Waals surface area contributed by atoms with Gasteiger partial charge >= 0.3 is 5.97 Å². The molecule has 0 saturated heterocycles. The summed E-state index contributed by atoms with van der Waals surface area (Å²) < 4.78 is 6.09. The summed E-state index contributed by atoms with van der Waals surface area (Å²) >= 11 is 1.38. The number of unbranched alkanes of at least 4 members (excludes halogenated alkanes) is 3. The smallest absolute Gasteiger partial charge is 0.348 e. The topological polar surface area (TPSA) is 55.4 Å². The summed E-state index contributed by atoms with van der Waals surface area (Å²) in [5.41, 5.74) is 0. The molecule has 0 aliphatic carbocycles. The first-order valence-electron chi connectivity index (χ1n) is 7.63. The van der Waals surface area contributed by atoms with Gasteiger partial charge in [-0.15, -0.1) is 11.3 Å². The maximum absolute atomic E-state index is 11.9. The largest absolute Gasteiger partial charge is 0.451 e. The maximum Gasteiger partial charge on any atom is 0.348 e. The van der Waals surface area contributed by atoms with Gasteiger partial charge in [0.2, 0.25) is 0 Å². The average Bonchev–Trinajstić information content (AvgIpc) is 2.96. The van der Waals surface area contributed by atoms with E-state index in [9.17, 15) is 9.59 Å². The number of carbonyl (C=O) groups excluding carboxylic acids is 2. The van der Waals surface area contributed by atoms with Gasteiger partial charge < -0.3 is 10.1 Å². The molecule has 0 radical (unpaired) electrons. The molecule has 2 aromatic rings. The van der Waals surface area contributed by atoms with E-state index in [1.54, 1.807) is 6.07 Å². The molecule has 0 atom stereocenters. The van der Waals surface area contributed by atoms with Crippen molar-refractivity contribution < 1.29 is 14.3 Å². The molecule has 1 aromatic carbocycles. The number of amides is 1. The van der Waals surface area contributed by atoms with Crippen molar-refractivity contribution in [2.24, 2.45) is 0 Å². The van der Waals surface area contributed by atoms with Crippen LogP contribution in [-0.4, -0.2) is 25.0 Å². The number of fused-ring (bicyclic) bond motifs is 1. The molecule has 4 nitrogen and oxygen atoms in total. The molecular weight excluding hydrogens is 298 g/mol. The van der Waals surface area contributed by atoms with Gasteiger partial charge in [0.25, 0.3) is 5.91 Å². The summed E-state index contributed by atoms with van der Waals surface area (Å²) in [6.07, 6.45) is 4.42. The first kappa shape index (κ1) is 16.5. The summed E-state index contributed by atoms with van der Waals surface area (Å²) in [7, 11) is 0. The lowest BCUT2D eigenvalue weighted by atomic mass is 10.2. The average molecular weight is 319 g/mol. The van der Waals surface area contributed by atoms with Crippen LogP contribution in [0.15, 0.2) is 30.3 Å². The normalized spacial score (nSPS) is 10.6. The summed E-state index contributed by atoms with van der Waals surface area (Å²) in [5.74, 6) is -0.687. The van der Waals surface area contributed by atoms with E-state index < -0.39 is 5.97 Å². The molecule has 0 fully saturated rings. The second kappa shape index (κ2) is 8.54. The van der Waals surface area contributed by atoms with Crippen LogP contribution in [0.2, 0.25) is 0 Å². The van der Waals surface area contributed by atoms with Crippen molar-refractivity contribution in [3.63, 3.8) is 0 Å². The van der Waals surface area contributed by atoms with Crippen molar-refractivity contribution in [1.82, 2.24) is 5.32 Å². The zero-order chi connectivity index (χ0) is 15.8. The number of rotatable bonds is 8. The summed E-state index contributed by atoms with van der Waals surface area (Å²) in [5, 5.41) is 3.78. The SMILES string of the molecule is CCCCCCNC(=O)COC(=O)c1cc2ccccc2s1. The Hall–Kier alpha value is -1.88. The lowest BCUT2D eigenvalue weighted by Crippen LogP contribution is -2.29. The monoisotopic (exact) mass is 319 g/mol. The second-order valence-electron chi connectivity index (χ2n) is 5.14. The molecule has 1 heterocycles. The molecule has 0 unspecified atom stereocenters. The highest BCUT2D eigenvalue weighted by molar-refractivity contribution is 7.20. The first-order valence-corrected chi connectivity index (χ1v) is 8.44. The Morgan fingerprint density at radius 2 is 2.00 bits per heavy atom. The quantitative estimate of drug-likeness (QED) is 0.595. The van der Waals surface area contributed by atoms with Gasteiger partial charge in [-0.25, -0.2) is 4.79 Å². The Kier molecular flexibility index (Phi) is 6.40. The van der Waals surface area contributed by atoms with E-state index in [4.69, 9.17) is 4.74 Å². The van der Waals surface area contributed by atoms with Crippen molar-refractivity contribution in [3.05, 3.63) is 35.2 Å². The highest BCUT2D eigenvalue weighted by Crippen LogP contribution is 2.25. The van der Waals surface area contributed by atoms with Gasteiger partial charge in [0.1, 0.15) is 4.88 Å². The molecule has 0 bridgehead atoms. The minimum absolute atomic E-state index is 0.221. The Bertz CT molecular complexity index is 603. The van der Waals surface area contributed by atoms with Crippen LogP contribution < -0.4 is 5.32 Å². The zero-order valence-corrected chi connectivity index (χ0v) is 13.6. The van der Waals surface area contributed by atoms with E-state index in [-0.39, 0.29) is 12.5 Å². The molecule has 0 aliphatic heterocycles. The molecule has 1 aromatic heterocycles. The van der Waals surface area contributed by atoms with Crippen molar-refractivity contribution >= 4 is 33.3 Å². The fraction of sp³-hybridized carbons (Fsp3) is 0.412. The summed E-state index contributed by atoms with van der Waals surface area (Å²) in [6.45, 7) is 2.56. The number of esters is 1. The fourth-order valence-corrected chi connectivity index (χ4v) is 3.07. The number of nitrogens with one attached hydrogen (secondary N) is 1. The molecule has 1 amide bonds. The van der Waals surface area contributed by atoms with Crippen LogP contribution in [0.1, 0.15) is 42.3 Å². The van der Waals surface area contributed by atoms with Crippen LogP contribution in [0.3, 0.4) is 0 Å². The number of benzene rings is 1. The van der Waals surface area contributed by atoms with Crippen molar-refractivity contribution in [2.45, 2.75) is 32.6 Å². The van der Waals surface area contributed by atoms with Gasteiger partial charge in [-0.05, 0) is 23.9 Å².